The molecule has 0 saturated heterocycles. The number of hydrogen-bond donors (Lipinski definition) is 2. The second-order valence-corrected chi connectivity index (χ2v) is 5.76. The van der Waals surface area contributed by atoms with Crippen molar-refractivity contribution in [2.24, 2.45) is 0 Å². The molecule has 2 aromatic heterocycles. The van der Waals surface area contributed by atoms with Crippen molar-refractivity contribution in [2.75, 3.05) is 10.6 Å². The number of aryl methyl sites for hydroxylation is 2. The average Bonchev–Trinajstić information content (AvgIpc) is 2.67. The van der Waals surface area contributed by atoms with Crippen LogP contribution in [0, 0.1) is 0 Å². The number of para-hydroxylation sites is 1. The maximum atomic E-state index is 4.58. The monoisotopic (exact) mass is 333 g/mol. The molecular formula is C20H23N5. The minimum absolute atomic E-state index is 0.598. The zero-order chi connectivity index (χ0) is 17.5. The largest absolute Gasteiger partial charge is 0.350 e. The van der Waals surface area contributed by atoms with Crippen LogP contribution in [0.4, 0.5) is 17.5 Å². The van der Waals surface area contributed by atoms with Gasteiger partial charge in [-0.15, -0.1) is 0 Å². The summed E-state index contributed by atoms with van der Waals surface area (Å²) < 4.78 is 0. The van der Waals surface area contributed by atoms with E-state index in [1.54, 1.807) is 12.4 Å². The van der Waals surface area contributed by atoms with Gasteiger partial charge < -0.3 is 10.6 Å². The molecule has 5 nitrogen and oxygen atoms in total. The van der Waals surface area contributed by atoms with Gasteiger partial charge in [0.15, 0.2) is 0 Å². The lowest BCUT2D eigenvalue weighted by Crippen LogP contribution is -2.06. The molecule has 0 saturated carbocycles. The third-order valence-corrected chi connectivity index (χ3v) is 4.08. The highest BCUT2D eigenvalue weighted by atomic mass is 15.1. The Morgan fingerprint density at radius 1 is 0.920 bits per heavy atom. The van der Waals surface area contributed by atoms with Crippen LogP contribution in [0.2, 0.25) is 0 Å². The number of anilines is 3. The summed E-state index contributed by atoms with van der Waals surface area (Å²) in [5.41, 5.74) is 4.84. The van der Waals surface area contributed by atoms with Gasteiger partial charge in [0.05, 0.1) is 0 Å². The Morgan fingerprint density at radius 3 is 2.40 bits per heavy atom. The van der Waals surface area contributed by atoms with Crippen molar-refractivity contribution < 1.29 is 0 Å². The molecule has 2 heterocycles. The van der Waals surface area contributed by atoms with Crippen LogP contribution in [0.25, 0.3) is 0 Å². The zero-order valence-corrected chi connectivity index (χ0v) is 14.7. The van der Waals surface area contributed by atoms with E-state index < -0.39 is 0 Å². The fourth-order valence-corrected chi connectivity index (χ4v) is 2.73. The van der Waals surface area contributed by atoms with Gasteiger partial charge in [0.2, 0.25) is 5.95 Å². The first-order valence-corrected chi connectivity index (χ1v) is 8.63. The molecule has 0 aliphatic rings. The fourth-order valence-electron chi connectivity index (χ4n) is 2.73. The standard InChI is InChI=1S/C20H23N5/c1-3-16-8-5-9-17(4-2)19(16)24-18-10-12-22-20(25-18)23-14-15-7-6-11-21-13-15/h5-13H,3-4,14H2,1-2H3,(H2,22,23,24,25). The highest BCUT2D eigenvalue weighted by Gasteiger charge is 2.08. The number of benzene rings is 1. The predicted molar refractivity (Wildman–Crippen MR) is 102 cm³/mol. The molecule has 5 heteroatoms. The summed E-state index contributed by atoms with van der Waals surface area (Å²) in [5, 5.41) is 6.72. The van der Waals surface area contributed by atoms with Gasteiger partial charge in [-0.3, -0.25) is 4.98 Å². The number of aromatic nitrogens is 3. The van der Waals surface area contributed by atoms with Crippen LogP contribution in [0.5, 0.6) is 0 Å². The predicted octanol–water partition coefficient (Wildman–Crippen LogP) is 4.35. The fraction of sp³-hybridized carbons (Fsp3) is 0.250. The van der Waals surface area contributed by atoms with Gasteiger partial charge in [0.25, 0.3) is 0 Å². The van der Waals surface area contributed by atoms with Crippen LogP contribution in [0.15, 0.2) is 55.0 Å². The third kappa shape index (κ3) is 4.32. The summed E-state index contributed by atoms with van der Waals surface area (Å²) in [5.74, 6) is 1.39. The molecule has 3 aromatic rings. The molecule has 0 fully saturated rings. The van der Waals surface area contributed by atoms with Gasteiger partial charge >= 0.3 is 0 Å². The first-order valence-electron chi connectivity index (χ1n) is 8.63. The number of pyridine rings is 1. The molecule has 1 aromatic carbocycles. The van der Waals surface area contributed by atoms with Crippen molar-refractivity contribution in [2.45, 2.75) is 33.2 Å². The molecule has 0 aliphatic carbocycles. The van der Waals surface area contributed by atoms with E-state index in [1.807, 2.05) is 24.4 Å². The van der Waals surface area contributed by atoms with Crippen LogP contribution in [-0.4, -0.2) is 15.0 Å². The molecule has 128 valence electrons. The molecule has 0 atom stereocenters. The van der Waals surface area contributed by atoms with Gasteiger partial charge in [0, 0.05) is 30.8 Å². The highest BCUT2D eigenvalue weighted by molar-refractivity contribution is 5.65. The van der Waals surface area contributed by atoms with Crippen molar-refractivity contribution in [1.82, 2.24) is 15.0 Å². The van der Waals surface area contributed by atoms with Gasteiger partial charge in [-0.1, -0.05) is 38.1 Å². The van der Waals surface area contributed by atoms with Crippen LogP contribution in [-0.2, 0) is 19.4 Å². The summed E-state index contributed by atoms with van der Waals surface area (Å²) in [7, 11) is 0. The Kier molecular flexibility index (Phi) is 5.57. The highest BCUT2D eigenvalue weighted by Crippen LogP contribution is 2.26. The van der Waals surface area contributed by atoms with Crippen molar-refractivity contribution in [3.63, 3.8) is 0 Å². The van der Waals surface area contributed by atoms with E-state index in [-0.39, 0.29) is 0 Å². The quantitative estimate of drug-likeness (QED) is 0.673. The summed E-state index contributed by atoms with van der Waals surface area (Å²) in [6.45, 7) is 4.98. The molecule has 0 unspecified atom stereocenters. The van der Waals surface area contributed by atoms with Gasteiger partial charge in [-0.2, -0.15) is 4.98 Å². The maximum absolute atomic E-state index is 4.58. The van der Waals surface area contributed by atoms with Gasteiger partial charge in [-0.25, -0.2) is 4.98 Å². The topological polar surface area (TPSA) is 62.7 Å². The summed E-state index contributed by atoms with van der Waals surface area (Å²) in [4.78, 5) is 13.0. The first kappa shape index (κ1) is 16.9. The Labute approximate surface area is 148 Å². The van der Waals surface area contributed by atoms with E-state index in [0.717, 1.165) is 29.9 Å². The summed E-state index contributed by atoms with van der Waals surface area (Å²) in [6.07, 6.45) is 7.32. The van der Waals surface area contributed by atoms with Crippen molar-refractivity contribution >= 4 is 17.5 Å². The lowest BCUT2D eigenvalue weighted by atomic mass is 10.0. The van der Waals surface area contributed by atoms with E-state index in [1.165, 1.54) is 11.1 Å². The maximum Gasteiger partial charge on any atom is 0.224 e. The molecule has 0 amide bonds. The van der Waals surface area contributed by atoms with Crippen LogP contribution >= 0.6 is 0 Å². The minimum Gasteiger partial charge on any atom is -0.350 e. The van der Waals surface area contributed by atoms with Crippen LogP contribution in [0.3, 0.4) is 0 Å². The molecule has 25 heavy (non-hydrogen) atoms. The second kappa shape index (κ2) is 8.24. The molecule has 2 N–H and O–H groups in total. The number of nitrogens with zero attached hydrogens (tertiary/aromatic N) is 3. The summed E-state index contributed by atoms with van der Waals surface area (Å²) in [6, 6.07) is 12.3. The Hall–Kier alpha value is -2.95. The molecule has 0 bridgehead atoms. The molecule has 0 spiro atoms. The number of hydrogen-bond acceptors (Lipinski definition) is 5. The Balaban J connectivity index is 1.76. The van der Waals surface area contributed by atoms with E-state index in [9.17, 15) is 0 Å². The SMILES string of the molecule is CCc1cccc(CC)c1Nc1ccnc(NCc2cccnc2)n1. The van der Waals surface area contributed by atoms with Crippen molar-refractivity contribution in [3.05, 3.63) is 71.7 Å². The Bertz CT molecular complexity index is 795. The van der Waals surface area contributed by atoms with E-state index >= 15 is 0 Å². The molecule has 0 aliphatic heterocycles. The lowest BCUT2D eigenvalue weighted by Gasteiger charge is -2.15. The molecular weight excluding hydrogens is 310 g/mol. The number of rotatable bonds is 7. The first-order chi connectivity index (χ1) is 12.3. The summed E-state index contributed by atoms with van der Waals surface area (Å²) >= 11 is 0. The zero-order valence-electron chi connectivity index (χ0n) is 14.7. The normalized spacial score (nSPS) is 10.5. The molecule has 3 rings (SSSR count). The second-order valence-electron chi connectivity index (χ2n) is 5.76. The van der Waals surface area contributed by atoms with E-state index in [4.69, 9.17) is 0 Å². The third-order valence-electron chi connectivity index (χ3n) is 4.08. The van der Waals surface area contributed by atoms with Crippen molar-refractivity contribution in [3.8, 4) is 0 Å². The van der Waals surface area contributed by atoms with Crippen molar-refractivity contribution in [1.29, 1.82) is 0 Å². The van der Waals surface area contributed by atoms with E-state index in [2.05, 4.69) is 57.6 Å². The van der Waals surface area contributed by atoms with Crippen LogP contribution < -0.4 is 10.6 Å². The smallest absolute Gasteiger partial charge is 0.224 e. The average molecular weight is 333 g/mol. The minimum atomic E-state index is 0.598. The van der Waals surface area contributed by atoms with Gasteiger partial charge in [0.1, 0.15) is 5.82 Å². The Morgan fingerprint density at radius 2 is 1.72 bits per heavy atom. The lowest BCUT2D eigenvalue weighted by molar-refractivity contribution is 1.04. The molecule has 0 radical (unpaired) electrons. The van der Waals surface area contributed by atoms with Crippen LogP contribution in [0.1, 0.15) is 30.5 Å². The van der Waals surface area contributed by atoms with E-state index in [0.29, 0.717) is 12.5 Å². The van der Waals surface area contributed by atoms with Gasteiger partial charge in [-0.05, 0) is 41.7 Å². The number of nitrogens with one attached hydrogen (secondary N) is 2.